The van der Waals surface area contributed by atoms with Crippen LogP contribution in [0.5, 0.6) is 0 Å². The third kappa shape index (κ3) is 5.14. The molecule has 30 heavy (non-hydrogen) atoms. The number of nitrogens with one attached hydrogen (secondary N) is 2. The molecule has 0 aliphatic carbocycles. The Morgan fingerprint density at radius 3 is 2.17 bits per heavy atom. The van der Waals surface area contributed by atoms with Gasteiger partial charge in [-0.3, -0.25) is 4.79 Å². The maximum atomic E-state index is 13.1. The molecule has 156 valence electrons. The van der Waals surface area contributed by atoms with Gasteiger partial charge in [-0.15, -0.1) is 0 Å². The highest BCUT2D eigenvalue weighted by Gasteiger charge is 2.23. The molecule has 0 aliphatic heterocycles. The number of sulfonamides is 1. The van der Waals surface area contributed by atoms with Crippen LogP contribution in [-0.2, 0) is 10.0 Å². The predicted molar refractivity (Wildman–Crippen MR) is 121 cm³/mol. The van der Waals surface area contributed by atoms with E-state index in [1.54, 1.807) is 33.8 Å². The maximum absolute atomic E-state index is 13.1. The zero-order chi connectivity index (χ0) is 21.9. The second kappa shape index (κ2) is 8.42. The summed E-state index contributed by atoms with van der Waals surface area (Å²) in [6, 6.07) is 21.9. The normalized spacial score (nSPS) is 11.9. The Balaban J connectivity index is 1.94. The van der Waals surface area contributed by atoms with Gasteiger partial charge in [-0.2, -0.15) is 0 Å². The van der Waals surface area contributed by atoms with Crippen LogP contribution in [0.25, 0.3) is 11.1 Å². The Morgan fingerprint density at radius 2 is 1.50 bits per heavy atom. The molecule has 0 fully saturated rings. The van der Waals surface area contributed by atoms with Crippen molar-refractivity contribution in [2.75, 3.05) is 5.32 Å². The molecule has 0 aromatic heterocycles. The van der Waals surface area contributed by atoms with Crippen molar-refractivity contribution in [2.45, 2.75) is 38.1 Å². The molecule has 5 nitrogen and oxygen atoms in total. The number of anilines is 1. The highest BCUT2D eigenvalue weighted by Crippen LogP contribution is 2.28. The van der Waals surface area contributed by atoms with Gasteiger partial charge in [0.15, 0.2) is 0 Å². The summed E-state index contributed by atoms with van der Waals surface area (Å²) in [5.41, 5.74) is 2.92. The molecular formula is C24H26N2O3S. The molecule has 0 saturated carbocycles. The largest absolute Gasteiger partial charge is 0.321 e. The molecule has 3 aromatic carbocycles. The fraction of sp³-hybridized carbons (Fsp3) is 0.208. The van der Waals surface area contributed by atoms with Crippen LogP contribution in [0.15, 0.2) is 77.7 Å². The van der Waals surface area contributed by atoms with Gasteiger partial charge in [-0.25, -0.2) is 13.1 Å². The first-order valence-electron chi connectivity index (χ1n) is 9.67. The zero-order valence-electron chi connectivity index (χ0n) is 17.6. The lowest BCUT2D eigenvalue weighted by molar-refractivity contribution is 0.102. The molecule has 0 heterocycles. The van der Waals surface area contributed by atoms with Gasteiger partial charge >= 0.3 is 0 Å². The zero-order valence-corrected chi connectivity index (χ0v) is 18.4. The van der Waals surface area contributed by atoms with Crippen molar-refractivity contribution in [1.82, 2.24) is 4.72 Å². The Morgan fingerprint density at radius 1 is 0.867 bits per heavy atom. The molecule has 0 bridgehead atoms. The SMILES string of the molecule is Cc1ccc(S(=O)(=O)NC(C)(C)C)cc1C(=O)Nc1ccccc1-c1ccccc1. The minimum atomic E-state index is -3.74. The minimum absolute atomic E-state index is 0.0597. The van der Waals surface area contributed by atoms with Gasteiger partial charge in [0.25, 0.3) is 5.91 Å². The lowest BCUT2D eigenvalue weighted by Crippen LogP contribution is -2.40. The Bertz CT molecular complexity index is 1160. The van der Waals surface area contributed by atoms with Crippen molar-refractivity contribution in [1.29, 1.82) is 0 Å². The molecule has 3 rings (SSSR count). The van der Waals surface area contributed by atoms with Crippen molar-refractivity contribution >= 4 is 21.6 Å². The summed E-state index contributed by atoms with van der Waals surface area (Å²) in [5.74, 6) is -0.358. The monoisotopic (exact) mass is 422 g/mol. The van der Waals surface area contributed by atoms with E-state index in [0.29, 0.717) is 16.8 Å². The van der Waals surface area contributed by atoms with E-state index in [-0.39, 0.29) is 10.8 Å². The van der Waals surface area contributed by atoms with Crippen LogP contribution < -0.4 is 10.0 Å². The van der Waals surface area contributed by atoms with Crippen LogP contribution in [0.2, 0.25) is 0 Å². The second-order valence-electron chi connectivity index (χ2n) is 8.20. The Hall–Kier alpha value is -2.96. The minimum Gasteiger partial charge on any atom is -0.321 e. The van der Waals surface area contributed by atoms with E-state index in [1.807, 2.05) is 54.6 Å². The van der Waals surface area contributed by atoms with Gasteiger partial charge in [0.2, 0.25) is 10.0 Å². The third-order valence-electron chi connectivity index (χ3n) is 4.46. The fourth-order valence-corrected chi connectivity index (χ4v) is 4.57. The lowest BCUT2D eigenvalue weighted by atomic mass is 10.0. The van der Waals surface area contributed by atoms with E-state index in [9.17, 15) is 13.2 Å². The molecule has 0 aliphatic rings. The first-order valence-corrected chi connectivity index (χ1v) is 11.2. The molecule has 1 amide bonds. The molecule has 0 saturated heterocycles. The van der Waals surface area contributed by atoms with E-state index in [4.69, 9.17) is 0 Å². The first kappa shape index (κ1) is 21.7. The van der Waals surface area contributed by atoms with Crippen molar-refractivity contribution < 1.29 is 13.2 Å². The number of aryl methyl sites for hydroxylation is 1. The second-order valence-corrected chi connectivity index (χ2v) is 9.88. The number of carbonyl (C=O) groups excluding carboxylic acids is 1. The van der Waals surface area contributed by atoms with E-state index in [1.165, 1.54) is 12.1 Å². The molecule has 0 radical (unpaired) electrons. The summed E-state index contributed by atoms with van der Waals surface area (Å²) < 4.78 is 28.0. The maximum Gasteiger partial charge on any atom is 0.255 e. The van der Waals surface area contributed by atoms with Crippen LogP contribution in [0, 0.1) is 6.92 Å². The predicted octanol–water partition coefficient (Wildman–Crippen LogP) is 4.99. The number of rotatable bonds is 5. The van der Waals surface area contributed by atoms with Crippen LogP contribution in [0.4, 0.5) is 5.69 Å². The van der Waals surface area contributed by atoms with E-state index in [2.05, 4.69) is 10.0 Å². The molecule has 0 atom stereocenters. The van der Waals surface area contributed by atoms with Crippen LogP contribution in [0.1, 0.15) is 36.7 Å². The number of hydrogen-bond acceptors (Lipinski definition) is 3. The number of para-hydroxylation sites is 1. The van der Waals surface area contributed by atoms with E-state index in [0.717, 1.165) is 11.1 Å². The lowest BCUT2D eigenvalue weighted by Gasteiger charge is -2.21. The summed E-state index contributed by atoms with van der Waals surface area (Å²) in [4.78, 5) is 13.1. The van der Waals surface area contributed by atoms with E-state index >= 15 is 0 Å². The molecule has 2 N–H and O–H groups in total. The molecule has 3 aromatic rings. The van der Waals surface area contributed by atoms with E-state index < -0.39 is 15.6 Å². The number of hydrogen-bond donors (Lipinski definition) is 2. The standard InChI is InChI=1S/C24H26N2O3S/c1-17-14-15-19(30(28,29)26-24(2,3)4)16-21(17)23(27)25-22-13-9-8-12-20(22)18-10-6-5-7-11-18/h5-16,26H,1-4H3,(H,25,27). The Kier molecular flexibility index (Phi) is 6.10. The smallest absolute Gasteiger partial charge is 0.255 e. The van der Waals surface area contributed by atoms with Crippen molar-refractivity contribution in [2.24, 2.45) is 0 Å². The summed E-state index contributed by atoms with van der Waals surface area (Å²) in [5, 5.41) is 2.94. The summed E-state index contributed by atoms with van der Waals surface area (Å²) in [6.45, 7) is 7.10. The topological polar surface area (TPSA) is 75.3 Å². The van der Waals surface area contributed by atoms with Crippen LogP contribution in [0.3, 0.4) is 0 Å². The summed E-state index contributed by atoms with van der Waals surface area (Å²) in [6.07, 6.45) is 0. The first-order chi connectivity index (χ1) is 14.1. The fourth-order valence-electron chi connectivity index (χ4n) is 3.13. The number of benzene rings is 3. The van der Waals surface area contributed by atoms with Gasteiger partial charge in [0, 0.05) is 22.4 Å². The Labute approximate surface area is 178 Å². The number of carbonyl (C=O) groups is 1. The van der Waals surface area contributed by atoms with Crippen molar-refractivity contribution in [3.63, 3.8) is 0 Å². The average molecular weight is 423 g/mol. The molecule has 0 unspecified atom stereocenters. The van der Waals surface area contributed by atoms with Gasteiger partial charge in [0.1, 0.15) is 0 Å². The average Bonchev–Trinajstić information content (AvgIpc) is 2.67. The van der Waals surface area contributed by atoms with Gasteiger partial charge in [0.05, 0.1) is 4.90 Å². The van der Waals surface area contributed by atoms with Crippen molar-refractivity contribution in [3.05, 3.63) is 83.9 Å². The highest BCUT2D eigenvalue weighted by molar-refractivity contribution is 7.89. The molecule has 0 spiro atoms. The molecule has 6 heteroatoms. The van der Waals surface area contributed by atoms with Crippen LogP contribution >= 0.6 is 0 Å². The summed E-state index contributed by atoms with van der Waals surface area (Å²) >= 11 is 0. The van der Waals surface area contributed by atoms with Gasteiger partial charge in [-0.05, 0) is 57.0 Å². The van der Waals surface area contributed by atoms with Gasteiger partial charge < -0.3 is 5.32 Å². The quantitative estimate of drug-likeness (QED) is 0.608. The number of amides is 1. The molecular weight excluding hydrogens is 396 g/mol. The third-order valence-corrected chi connectivity index (χ3v) is 6.22. The summed E-state index contributed by atoms with van der Waals surface area (Å²) in [7, 11) is -3.74. The van der Waals surface area contributed by atoms with Crippen molar-refractivity contribution in [3.8, 4) is 11.1 Å². The highest BCUT2D eigenvalue weighted by atomic mass is 32.2. The van der Waals surface area contributed by atoms with Gasteiger partial charge in [-0.1, -0.05) is 54.6 Å². The van der Waals surface area contributed by atoms with Crippen LogP contribution in [-0.4, -0.2) is 19.9 Å².